The first-order valence-electron chi connectivity index (χ1n) is 11.7. The molecule has 196 valence electrons. The molecule has 0 aliphatic heterocycles. The molecule has 1 aliphatic carbocycles. The van der Waals surface area contributed by atoms with E-state index in [-0.39, 0.29) is 23.8 Å². The molecule has 0 radical (unpaired) electrons. The highest BCUT2D eigenvalue weighted by atomic mass is 32.2. The van der Waals surface area contributed by atoms with Crippen LogP contribution in [-0.2, 0) is 26.2 Å². The highest BCUT2D eigenvalue weighted by molar-refractivity contribution is 7.92. The molecule has 2 aromatic carbocycles. The van der Waals surface area contributed by atoms with Gasteiger partial charge in [0.2, 0.25) is 21.8 Å². The van der Waals surface area contributed by atoms with Gasteiger partial charge in [0.05, 0.1) is 11.9 Å². The molecular weight excluding hydrogens is 495 g/mol. The second kappa shape index (κ2) is 11.8. The van der Waals surface area contributed by atoms with Crippen molar-refractivity contribution in [2.45, 2.75) is 57.7 Å². The van der Waals surface area contributed by atoms with Crippen LogP contribution in [0.4, 0.5) is 18.9 Å². The standard InChI is InChI=1S/C25H30F3N3O4S/c1-17(25(33)29-19-9-4-3-5-10-19)30(15-18-8-6-7-11-21(18)26)24(32)16-31(36(2,34)35)20-12-13-22(27)23(28)14-20/h6-8,11-14,17,19H,3-5,9-10,15-16H2,1-2H3,(H,29,33)/t17-/m0/s1. The largest absolute Gasteiger partial charge is 0.352 e. The Hall–Kier alpha value is -3.08. The Kier molecular flexibility index (Phi) is 8.99. The van der Waals surface area contributed by atoms with Crippen LogP contribution in [0.2, 0.25) is 0 Å². The predicted octanol–water partition coefficient (Wildman–Crippen LogP) is 3.74. The molecule has 0 aromatic heterocycles. The molecule has 1 N–H and O–H groups in total. The summed E-state index contributed by atoms with van der Waals surface area (Å²) in [5.41, 5.74) is -0.114. The lowest BCUT2D eigenvalue weighted by atomic mass is 9.95. The Morgan fingerprint density at radius 3 is 2.28 bits per heavy atom. The minimum absolute atomic E-state index is 0.0335. The van der Waals surface area contributed by atoms with Crippen molar-refractivity contribution in [3.63, 3.8) is 0 Å². The van der Waals surface area contributed by atoms with Crippen LogP contribution in [0.5, 0.6) is 0 Å². The summed E-state index contributed by atoms with van der Waals surface area (Å²) in [6.45, 7) is 0.402. The third-order valence-electron chi connectivity index (χ3n) is 6.29. The monoisotopic (exact) mass is 525 g/mol. The SMILES string of the molecule is C[C@@H](C(=O)NC1CCCCC1)N(Cc1ccccc1F)C(=O)CN(c1ccc(F)c(F)c1)S(C)(=O)=O. The van der Waals surface area contributed by atoms with E-state index in [2.05, 4.69) is 5.32 Å². The first kappa shape index (κ1) is 27.5. The van der Waals surface area contributed by atoms with Crippen LogP contribution in [0.15, 0.2) is 42.5 Å². The number of rotatable bonds is 9. The molecule has 11 heteroatoms. The molecule has 0 unspecified atom stereocenters. The third-order valence-corrected chi connectivity index (χ3v) is 7.43. The summed E-state index contributed by atoms with van der Waals surface area (Å²) in [6, 6.07) is 7.12. The molecule has 2 aromatic rings. The van der Waals surface area contributed by atoms with Crippen LogP contribution in [0.3, 0.4) is 0 Å². The van der Waals surface area contributed by atoms with Gasteiger partial charge in [-0.05, 0) is 38.0 Å². The van der Waals surface area contributed by atoms with Crippen molar-refractivity contribution in [1.29, 1.82) is 0 Å². The van der Waals surface area contributed by atoms with Crippen LogP contribution < -0.4 is 9.62 Å². The second-order valence-corrected chi connectivity index (χ2v) is 10.9. The molecule has 1 aliphatic rings. The zero-order valence-electron chi connectivity index (χ0n) is 20.2. The van der Waals surface area contributed by atoms with Crippen molar-refractivity contribution in [3.8, 4) is 0 Å². The number of anilines is 1. The van der Waals surface area contributed by atoms with Gasteiger partial charge in [-0.1, -0.05) is 37.5 Å². The summed E-state index contributed by atoms with van der Waals surface area (Å²) in [5.74, 6) is -4.29. The zero-order valence-corrected chi connectivity index (χ0v) is 21.0. The number of nitrogens with zero attached hydrogens (tertiary/aromatic N) is 2. The van der Waals surface area contributed by atoms with Gasteiger partial charge in [-0.25, -0.2) is 21.6 Å². The quantitative estimate of drug-likeness (QED) is 0.541. The van der Waals surface area contributed by atoms with Crippen molar-refractivity contribution in [1.82, 2.24) is 10.2 Å². The fourth-order valence-corrected chi connectivity index (χ4v) is 5.06. The summed E-state index contributed by atoms with van der Waals surface area (Å²) in [6.07, 6.45) is 5.51. The van der Waals surface area contributed by atoms with Crippen LogP contribution >= 0.6 is 0 Å². The number of amides is 2. The van der Waals surface area contributed by atoms with Crippen molar-refractivity contribution >= 4 is 27.5 Å². The zero-order chi connectivity index (χ0) is 26.5. The number of benzene rings is 2. The Morgan fingerprint density at radius 2 is 1.67 bits per heavy atom. The predicted molar refractivity (Wildman–Crippen MR) is 130 cm³/mol. The Bertz CT molecular complexity index is 1200. The average Bonchev–Trinajstić information content (AvgIpc) is 2.83. The lowest BCUT2D eigenvalue weighted by molar-refractivity contribution is -0.139. The molecule has 1 saturated carbocycles. The third kappa shape index (κ3) is 6.99. The molecule has 1 atom stereocenters. The summed E-state index contributed by atoms with van der Waals surface area (Å²) < 4.78 is 67.2. The Balaban J connectivity index is 1.89. The van der Waals surface area contributed by atoms with Gasteiger partial charge < -0.3 is 10.2 Å². The summed E-state index contributed by atoms with van der Waals surface area (Å²) in [7, 11) is -4.10. The average molecular weight is 526 g/mol. The molecule has 0 spiro atoms. The molecular formula is C25H30F3N3O4S. The molecule has 36 heavy (non-hydrogen) atoms. The van der Waals surface area contributed by atoms with E-state index in [1.165, 1.54) is 25.1 Å². The fraction of sp³-hybridized carbons (Fsp3) is 0.440. The van der Waals surface area contributed by atoms with E-state index in [0.29, 0.717) is 10.4 Å². The van der Waals surface area contributed by atoms with Crippen LogP contribution in [0, 0.1) is 17.5 Å². The van der Waals surface area contributed by atoms with Gasteiger partial charge >= 0.3 is 0 Å². The van der Waals surface area contributed by atoms with Crippen molar-refractivity contribution < 1.29 is 31.2 Å². The molecule has 0 saturated heterocycles. The van der Waals surface area contributed by atoms with E-state index < -0.39 is 51.9 Å². The highest BCUT2D eigenvalue weighted by Crippen LogP contribution is 2.22. The first-order valence-corrected chi connectivity index (χ1v) is 13.6. The first-order chi connectivity index (χ1) is 17.0. The van der Waals surface area contributed by atoms with Gasteiger partial charge in [0.15, 0.2) is 11.6 Å². The maximum atomic E-state index is 14.4. The summed E-state index contributed by atoms with van der Waals surface area (Å²) in [5, 5.41) is 2.93. The summed E-state index contributed by atoms with van der Waals surface area (Å²) in [4.78, 5) is 27.6. The van der Waals surface area contributed by atoms with E-state index in [1.54, 1.807) is 6.07 Å². The van der Waals surface area contributed by atoms with Gasteiger partial charge in [0.25, 0.3) is 0 Å². The molecule has 7 nitrogen and oxygen atoms in total. The number of hydrogen-bond acceptors (Lipinski definition) is 4. The minimum Gasteiger partial charge on any atom is -0.352 e. The number of halogens is 3. The van der Waals surface area contributed by atoms with Crippen molar-refractivity contribution in [2.75, 3.05) is 17.1 Å². The topological polar surface area (TPSA) is 86.8 Å². The second-order valence-electron chi connectivity index (χ2n) is 9.00. The Morgan fingerprint density at radius 1 is 1.00 bits per heavy atom. The van der Waals surface area contributed by atoms with Gasteiger partial charge in [0.1, 0.15) is 18.4 Å². The minimum atomic E-state index is -4.10. The van der Waals surface area contributed by atoms with Crippen LogP contribution in [0.25, 0.3) is 0 Å². The maximum Gasteiger partial charge on any atom is 0.244 e. The molecule has 0 heterocycles. The highest BCUT2D eigenvalue weighted by Gasteiger charge is 2.31. The van der Waals surface area contributed by atoms with Gasteiger partial charge in [0, 0.05) is 24.2 Å². The van der Waals surface area contributed by atoms with E-state index >= 15 is 0 Å². The molecule has 1 fully saturated rings. The summed E-state index contributed by atoms with van der Waals surface area (Å²) >= 11 is 0. The van der Waals surface area contributed by atoms with Crippen LogP contribution in [-0.4, -0.2) is 50.0 Å². The maximum absolute atomic E-state index is 14.4. The fourth-order valence-electron chi connectivity index (χ4n) is 4.22. The number of nitrogens with one attached hydrogen (secondary N) is 1. The van der Waals surface area contributed by atoms with Crippen LogP contribution in [0.1, 0.15) is 44.6 Å². The Labute approximate surface area is 209 Å². The number of carbonyl (C=O) groups excluding carboxylic acids is 2. The van der Waals surface area contributed by atoms with Crippen molar-refractivity contribution in [2.24, 2.45) is 0 Å². The number of sulfonamides is 1. The van der Waals surface area contributed by atoms with E-state index in [9.17, 15) is 31.2 Å². The molecule has 3 rings (SSSR count). The normalized spacial score (nSPS) is 15.2. The van der Waals surface area contributed by atoms with Gasteiger partial charge in [-0.3, -0.25) is 13.9 Å². The molecule has 2 amide bonds. The van der Waals surface area contributed by atoms with Crippen molar-refractivity contribution in [3.05, 3.63) is 65.5 Å². The lowest BCUT2D eigenvalue weighted by Gasteiger charge is -2.33. The van der Waals surface area contributed by atoms with Gasteiger partial charge in [-0.15, -0.1) is 0 Å². The lowest BCUT2D eigenvalue weighted by Crippen LogP contribution is -2.53. The number of carbonyl (C=O) groups is 2. The molecule has 0 bridgehead atoms. The van der Waals surface area contributed by atoms with E-state index in [0.717, 1.165) is 55.4 Å². The van der Waals surface area contributed by atoms with Gasteiger partial charge in [-0.2, -0.15) is 0 Å². The smallest absolute Gasteiger partial charge is 0.244 e. The van der Waals surface area contributed by atoms with E-state index in [4.69, 9.17) is 0 Å². The number of hydrogen-bond donors (Lipinski definition) is 1. The van der Waals surface area contributed by atoms with E-state index in [1.807, 2.05) is 0 Å².